The third-order valence-electron chi connectivity index (χ3n) is 6.22. The fourth-order valence-corrected chi connectivity index (χ4v) is 4.23. The molecular weight excluding hydrogens is 444 g/mol. The first-order valence-corrected chi connectivity index (χ1v) is 11.3. The predicted octanol–water partition coefficient (Wildman–Crippen LogP) is 5.28. The van der Waals surface area contributed by atoms with E-state index in [1.165, 1.54) is 18.3 Å². The minimum absolute atomic E-state index is 0.0500. The average molecular weight is 475 g/mol. The standard InChI is InChI=1S/C28H30N2O5/c1-28(2,3)17-9-14-21(34-6)20(16-17)25(31)23-24(22-8-7-15-35-22)30(27(33)26(23)32)19-12-10-18(11-13-19)29(4)5/h7-16,24,31H,1-6H3/b25-23+. The van der Waals surface area contributed by atoms with Gasteiger partial charge in [0.2, 0.25) is 0 Å². The van der Waals surface area contributed by atoms with Crippen molar-refractivity contribution in [2.45, 2.75) is 32.2 Å². The molecule has 182 valence electrons. The number of amides is 1. The number of hydrogen-bond donors (Lipinski definition) is 1. The number of methoxy groups -OCH3 is 1. The highest BCUT2D eigenvalue weighted by Gasteiger charge is 2.48. The second kappa shape index (κ2) is 8.98. The topological polar surface area (TPSA) is 83.2 Å². The smallest absolute Gasteiger partial charge is 0.300 e. The molecule has 7 nitrogen and oxygen atoms in total. The Labute approximate surface area is 205 Å². The molecule has 1 fully saturated rings. The second-order valence-electron chi connectivity index (χ2n) is 9.76. The first-order valence-electron chi connectivity index (χ1n) is 11.3. The first-order chi connectivity index (χ1) is 16.5. The summed E-state index contributed by atoms with van der Waals surface area (Å²) in [5.74, 6) is -1.07. The molecule has 1 amide bonds. The quantitative estimate of drug-likeness (QED) is 0.308. The largest absolute Gasteiger partial charge is 0.507 e. The van der Waals surface area contributed by atoms with Crippen molar-refractivity contribution in [3.8, 4) is 5.75 Å². The zero-order chi connectivity index (χ0) is 25.5. The molecule has 35 heavy (non-hydrogen) atoms. The van der Waals surface area contributed by atoms with E-state index in [0.717, 1.165) is 11.3 Å². The number of benzene rings is 2. The van der Waals surface area contributed by atoms with E-state index in [1.807, 2.05) is 37.2 Å². The van der Waals surface area contributed by atoms with Crippen LogP contribution >= 0.6 is 0 Å². The number of hydrogen-bond acceptors (Lipinski definition) is 6. The number of carbonyl (C=O) groups is 2. The molecule has 0 saturated carbocycles. The molecule has 1 saturated heterocycles. The van der Waals surface area contributed by atoms with E-state index in [9.17, 15) is 14.7 Å². The maximum absolute atomic E-state index is 13.4. The second-order valence-corrected chi connectivity index (χ2v) is 9.76. The summed E-state index contributed by atoms with van der Waals surface area (Å²) in [5.41, 5.74) is 2.51. The number of aliphatic hydroxyl groups is 1. The van der Waals surface area contributed by atoms with Crippen LogP contribution in [0.2, 0.25) is 0 Å². The number of carbonyl (C=O) groups excluding carboxylic acids is 2. The Morgan fingerprint density at radius 3 is 2.29 bits per heavy atom. The van der Waals surface area contributed by atoms with Crippen molar-refractivity contribution >= 4 is 28.8 Å². The molecule has 2 heterocycles. The van der Waals surface area contributed by atoms with Crippen LogP contribution in [0.25, 0.3) is 5.76 Å². The first kappa shape index (κ1) is 24.1. The van der Waals surface area contributed by atoms with E-state index >= 15 is 0 Å². The molecule has 1 aromatic heterocycles. The Hall–Kier alpha value is -4.00. The lowest BCUT2D eigenvalue weighted by molar-refractivity contribution is -0.132. The summed E-state index contributed by atoms with van der Waals surface area (Å²) in [5, 5.41) is 11.5. The van der Waals surface area contributed by atoms with E-state index in [1.54, 1.807) is 36.4 Å². The van der Waals surface area contributed by atoms with Crippen LogP contribution in [0.3, 0.4) is 0 Å². The lowest BCUT2D eigenvalue weighted by atomic mass is 9.85. The number of nitrogens with zero attached hydrogens (tertiary/aromatic N) is 2. The Morgan fingerprint density at radius 1 is 1.06 bits per heavy atom. The fraction of sp³-hybridized carbons (Fsp3) is 0.286. The number of rotatable bonds is 5. The molecule has 1 aliphatic rings. The van der Waals surface area contributed by atoms with Crippen LogP contribution in [-0.2, 0) is 15.0 Å². The van der Waals surface area contributed by atoms with Gasteiger partial charge in [-0.25, -0.2) is 0 Å². The fourth-order valence-electron chi connectivity index (χ4n) is 4.23. The van der Waals surface area contributed by atoms with Gasteiger partial charge >= 0.3 is 0 Å². The molecular formula is C28H30N2O5. The van der Waals surface area contributed by atoms with Crippen LogP contribution in [-0.4, -0.2) is 38.0 Å². The third-order valence-corrected chi connectivity index (χ3v) is 6.22. The number of ketones is 1. The lowest BCUT2D eigenvalue weighted by Crippen LogP contribution is -2.29. The van der Waals surface area contributed by atoms with Crippen molar-refractivity contribution in [2.75, 3.05) is 31.0 Å². The summed E-state index contributed by atoms with van der Waals surface area (Å²) in [6, 6.07) is 15.2. The number of anilines is 2. The van der Waals surface area contributed by atoms with Gasteiger partial charge in [-0.15, -0.1) is 0 Å². The Morgan fingerprint density at radius 2 is 1.74 bits per heavy atom. The highest BCUT2D eigenvalue weighted by molar-refractivity contribution is 6.51. The van der Waals surface area contributed by atoms with Gasteiger partial charge in [0, 0.05) is 25.5 Å². The van der Waals surface area contributed by atoms with E-state index in [2.05, 4.69) is 20.8 Å². The summed E-state index contributed by atoms with van der Waals surface area (Å²) in [7, 11) is 5.34. The monoisotopic (exact) mass is 474 g/mol. The maximum atomic E-state index is 13.4. The lowest BCUT2D eigenvalue weighted by Gasteiger charge is -2.25. The van der Waals surface area contributed by atoms with Crippen LogP contribution in [0.1, 0.15) is 43.7 Å². The van der Waals surface area contributed by atoms with Crippen LogP contribution in [0.4, 0.5) is 11.4 Å². The molecule has 0 bridgehead atoms. The summed E-state index contributed by atoms with van der Waals surface area (Å²) in [4.78, 5) is 30.0. The Balaban J connectivity index is 1.93. The SMILES string of the molecule is COc1ccc(C(C)(C)C)cc1/C(O)=C1\C(=O)C(=O)N(c2ccc(N(C)C)cc2)C1c1ccco1. The van der Waals surface area contributed by atoms with Crippen molar-refractivity contribution < 1.29 is 23.8 Å². The van der Waals surface area contributed by atoms with Gasteiger partial charge in [0.15, 0.2) is 0 Å². The molecule has 0 spiro atoms. The van der Waals surface area contributed by atoms with Gasteiger partial charge in [-0.05, 0) is 59.5 Å². The van der Waals surface area contributed by atoms with Crippen LogP contribution in [0.15, 0.2) is 70.9 Å². The zero-order valence-corrected chi connectivity index (χ0v) is 20.8. The molecule has 3 aromatic rings. The molecule has 1 N–H and O–H groups in total. The van der Waals surface area contributed by atoms with E-state index in [0.29, 0.717) is 22.8 Å². The normalized spacial score (nSPS) is 17.7. The minimum atomic E-state index is -0.932. The number of aliphatic hydroxyl groups excluding tert-OH is 1. The van der Waals surface area contributed by atoms with Crippen LogP contribution < -0.4 is 14.5 Å². The van der Waals surface area contributed by atoms with E-state index < -0.39 is 17.7 Å². The van der Waals surface area contributed by atoms with Gasteiger partial charge in [0.05, 0.1) is 24.5 Å². The van der Waals surface area contributed by atoms with Gasteiger partial charge < -0.3 is 19.2 Å². The predicted molar refractivity (Wildman–Crippen MR) is 136 cm³/mol. The molecule has 0 radical (unpaired) electrons. The molecule has 2 aromatic carbocycles. The zero-order valence-electron chi connectivity index (χ0n) is 20.8. The Kier molecular flexibility index (Phi) is 6.19. The van der Waals surface area contributed by atoms with Gasteiger partial charge in [-0.2, -0.15) is 0 Å². The Bertz CT molecular complexity index is 1280. The van der Waals surface area contributed by atoms with Crippen molar-refractivity contribution in [3.63, 3.8) is 0 Å². The molecule has 1 atom stereocenters. The van der Waals surface area contributed by atoms with Crippen LogP contribution in [0.5, 0.6) is 5.75 Å². The highest BCUT2D eigenvalue weighted by Crippen LogP contribution is 2.44. The van der Waals surface area contributed by atoms with Crippen LogP contribution in [0, 0.1) is 0 Å². The third kappa shape index (κ3) is 4.30. The highest BCUT2D eigenvalue weighted by atomic mass is 16.5. The molecule has 4 rings (SSSR count). The van der Waals surface area contributed by atoms with Crippen molar-refractivity contribution in [2.24, 2.45) is 0 Å². The molecule has 0 aliphatic carbocycles. The average Bonchev–Trinajstić information content (AvgIpc) is 3.44. The summed E-state index contributed by atoms with van der Waals surface area (Å²) < 4.78 is 11.1. The van der Waals surface area contributed by atoms with Gasteiger partial charge in [0.25, 0.3) is 11.7 Å². The number of Topliss-reactive ketones (excluding diaryl/α,β-unsaturated/α-hetero) is 1. The molecule has 7 heteroatoms. The molecule has 1 aliphatic heterocycles. The summed E-state index contributed by atoms with van der Waals surface area (Å²) in [6.07, 6.45) is 1.48. The van der Waals surface area contributed by atoms with Crippen molar-refractivity contribution in [1.29, 1.82) is 0 Å². The maximum Gasteiger partial charge on any atom is 0.300 e. The van der Waals surface area contributed by atoms with Gasteiger partial charge in [-0.1, -0.05) is 26.8 Å². The van der Waals surface area contributed by atoms with E-state index in [-0.39, 0.29) is 16.7 Å². The summed E-state index contributed by atoms with van der Waals surface area (Å²) >= 11 is 0. The van der Waals surface area contributed by atoms with Crippen molar-refractivity contribution in [1.82, 2.24) is 0 Å². The van der Waals surface area contributed by atoms with Gasteiger partial charge in [0.1, 0.15) is 23.3 Å². The number of ether oxygens (including phenoxy) is 1. The van der Waals surface area contributed by atoms with Crippen molar-refractivity contribution in [3.05, 3.63) is 83.3 Å². The number of furan rings is 1. The van der Waals surface area contributed by atoms with E-state index in [4.69, 9.17) is 9.15 Å². The summed E-state index contributed by atoms with van der Waals surface area (Å²) in [6.45, 7) is 6.16. The van der Waals surface area contributed by atoms with Gasteiger partial charge in [-0.3, -0.25) is 14.5 Å². The minimum Gasteiger partial charge on any atom is -0.507 e. The molecule has 1 unspecified atom stereocenters.